The zero-order valence-electron chi connectivity index (χ0n) is 8.65. The standard InChI is InChI=1S/C12H11NOS/c1-8-3-5-10(6-4-8)11(14)12-9(2)13-7-15-12/h3-7H,1-2H3. The molecule has 0 atom stereocenters. The maximum absolute atomic E-state index is 12.0. The van der Waals surface area contributed by atoms with Crippen LogP contribution in [0.3, 0.4) is 0 Å². The van der Waals surface area contributed by atoms with Gasteiger partial charge in [0.15, 0.2) is 0 Å². The molecule has 0 aliphatic carbocycles. The van der Waals surface area contributed by atoms with Crippen molar-refractivity contribution >= 4 is 17.1 Å². The highest BCUT2D eigenvalue weighted by Crippen LogP contribution is 2.17. The molecule has 2 rings (SSSR count). The first kappa shape index (κ1) is 10.1. The molecule has 0 spiro atoms. The number of thiazole rings is 1. The van der Waals surface area contributed by atoms with Crippen LogP contribution >= 0.6 is 11.3 Å². The second-order valence-corrected chi connectivity index (χ2v) is 4.32. The molecule has 3 heteroatoms. The lowest BCUT2D eigenvalue weighted by Gasteiger charge is -1.99. The first-order valence-corrected chi connectivity index (χ1v) is 5.58. The maximum Gasteiger partial charge on any atom is 0.204 e. The van der Waals surface area contributed by atoms with Crippen molar-refractivity contribution in [2.24, 2.45) is 0 Å². The summed E-state index contributed by atoms with van der Waals surface area (Å²) in [5.41, 5.74) is 4.41. The summed E-state index contributed by atoms with van der Waals surface area (Å²) in [5.74, 6) is 0.0648. The number of hydrogen-bond donors (Lipinski definition) is 0. The average Bonchev–Trinajstić information content (AvgIpc) is 2.65. The molecule has 2 aromatic rings. The van der Waals surface area contributed by atoms with Crippen molar-refractivity contribution in [3.8, 4) is 0 Å². The van der Waals surface area contributed by atoms with Crippen LogP contribution in [0.15, 0.2) is 29.8 Å². The number of rotatable bonds is 2. The van der Waals surface area contributed by atoms with Crippen molar-refractivity contribution in [3.05, 3.63) is 51.5 Å². The minimum absolute atomic E-state index is 0.0648. The van der Waals surface area contributed by atoms with Crippen molar-refractivity contribution < 1.29 is 4.79 Å². The Kier molecular flexibility index (Phi) is 2.64. The molecule has 0 radical (unpaired) electrons. The van der Waals surface area contributed by atoms with Crippen molar-refractivity contribution in [3.63, 3.8) is 0 Å². The van der Waals surface area contributed by atoms with E-state index in [2.05, 4.69) is 4.98 Å². The topological polar surface area (TPSA) is 30.0 Å². The van der Waals surface area contributed by atoms with E-state index in [4.69, 9.17) is 0 Å². The summed E-state index contributed by atoms with van der Waals surface area (Å²) in [4.78, 5) is 16.8. The number of carbonyl (C=O) groups is 1. The largest absolute Gasteiger partial charge is 0.288 e. The summed E-state index contributed by atoms with van der Waals surface area (Å²) in [7, 11) is 0. The quantitative estimate of drug-likeness (QED) is 0.724. The van der Waals surface area contributed by atoms with Gasteiger partial charge in [0.25, 0.3) is 0 Å². The molecule has 0 aliphatic rings. The van der Waals surface area contributed by atoms with Crippen LogP contribution < -0.4 is 0 Å². The van der Waals surface area contributed by atoms with Gasteiger partial charge in [-0.3, -0.25) is 4.79 Å². The van der Waals surface area contributed by atoms with Gasteiger partial charge in [-0.15, -0.1) is 11.3 Å². The van der Waals surface area contributed by atoms with E-state index in [-0.39, 0.29) is 5.78 Å². The zero-order valence-corrected chi connectivity index (χ0v) is 9.47. The summed E-state index contributed by atoms with van der Waals surface area (Å²) in [6.45, 7) is 3.87. The molecule has 0 amide bonds. The highest BCUT2D eigenvalue weighted by atomic mass is 32.1. The normalized spacial score (nSPS) is 10.3. The van der Waals surface area contributed by atoms with Gasteiger partial charge in [-0.05, 0) is 13.8 Å². The Morgan fingerprint density at radius 2 is 1.87 bits per heavy atom. The summed E-state index contributed by atoms with van der Waals surface area (Å²) in [5, 5.41) is 0. The highest BCUT2D eigenvalue weighted by Gasteiger charge is 2.13. The molecule has 0 unspecified atom stereocenters. The minimum Gasteiger partial charge on any atom is -0.288 e. The van der Waals surface area contributed by atoms with E-state index in [1.54, 1.807) is 5.51 Å². The number of aromatic nitrogens is 1. The number of aryl methyl sites for hydroxylation is 2. The number of nitrogens with zero attached hydrogens (tertiary/aromatic N) is 1. The molecule has 1 heterocycles. The third-order valence-electron chi connectivity index (χ3n) is 2.27. The van der Waals surface area contributed by atoms with E-state index in [0.29, 0.717) is 0 Å². The molecule has 0 N–H and O–H groups in total. The van der Waals surface area contributed by atoms with Crippen LogP contribution in [0.2, 0.25) is 0 Å². The Morgan fingerprint density at radius 1 is 1.20 bits per heavy atom. The lowest BCUT2D eigenvalue weighted by Crippen LogP contribution is -2.00. The van der Waals surface area contributed by atoms with Gasteiger partial charge in [-0.1, -0.05) is 29.8 Å². The van der Waals surface area contributed by atoms with Gasteiger partial charge in [0.1, 0.15) is 0 Å². The van der Waals surface area contributed by atoms with Gasteiger partial charge < -0.3 is 0 Å². The summed E-state index contributed by atoms with van der Waals surface area (Å²) < 4.78 is 0. The van der Waals surface area contributed by atoms with Crippen molar-refractivity contribution in [1.82, 2.24) is 4.98 Å². The Morgan fingerprint density at radius 3 is 2.40 bits per heavy atom. The van der Waals surface area contributed by atoms with E-state index in [9.17, 15) is 4.79 Å². The van der Waals surface area contributed by atoms with Gasteiger partial charge in [-0.2, -0.15) is 0 Å². The predicted octanol–water partition coefficient (Wildman–Crippen LogP) is 2.99. The van der Waals surface area contributed by atoms with Crippen molar-refractivity contribution in [1.29, 1.82) is 0 Å². The van der Waals surface area contributed by atoms with E-state index >= 15 is 0 Å². The van der Waals surface area contributed by atoms with Crippen LogP contribution in [-0.2, 0) is 0 Å². The molecule has 2 nitrogen and oxygen atoms in total. The summed E-state index contributed by atoms with van der Waals surface area (Å²) in [6.07, 6.45) is 0. The Labute approximate surface area is 92.6 Å². The van der Waals surface area contributed by atoms with Crippen LogP contribution in [-0.4, -0.2) is 10.8 Å². The number of benzene rings is 1. The molecular weight excluding hydrogens is 206 g/mol. The Hall–Kier alpha value is -1.48. The molecule has 1 aromatic carbocycles. The summed E-state index contributed by atoms with van der Waals surface area (Å²) in [6, 6.07) is 7.61. The molecule has 76 valence electrons. The first-order chi connectivity index (χ1) is 7.18. The van der Waals surface area contributed by atoms with Gasteiger partial charge in [-0.25, -0.2) is 4.98 Å². The second kappa shape index (κ2) is 3.95. The van der Waals surface area contributed by atoms with E-state index in [1.165, 1.54) is 11.3 Å². The molecule has 0 aliphatic heterocycles. The molecule has 0 saturated carbocycles. The van der Waals surface area contributed by atoms with Gasteiger partial charge >= 0.3 is 0 Å². The van der Waals surface area contributed by atoms with Crippen LogP contribution in [0.5, 0.6) is 0 Å². The van der Waals surface area contributed by atoms with Crippen LogP contribution in [0.1, 0.15) is 26.5 Å². The van der Waals surface area contributed by atoms with Gasteiger partial charge in [0, 0.05) is 5.56 Å². The van der Waals surface area contributed by atoms with Crippen molar-refractivity contribution in [2.45, 2.75) is 13.8 Å². The first-order valence-electron chi connectivity index (χ1n) is 4.70. The van der Waals surface area contributed by atoms with Crippen LogP contribution in [0.4, 0.5) is 0 Å². The monoisotopic (exact) mass is 217 g/mol. The lowest BCUT2D eigenvalue weighted by molar-refractivity contribution is 0.104. The summed E-state index contributed by atoms with van der Waals surface area (Å²) >= 11 is 1.40. The SMILES string of the molecule is Cc1ccc(C(=O)c2scnc2C)cc1. The number of carbonyl (C=O) groups excluding carboxylic acids is 1. The molecule has 1 aromatic heterocycles. The maximum atomic E-state index is 12.0. The zero-order chi connectivity index (χ0) is 10.8. The molecule has 15 heavy (non-hydrogen) atoms. The molecule has 0 bridgehead atoms. The number of hydrogen-bond acceptors (Lipinski definition) is 3. The third-order valence-corrected chi connectivity index (χ3v) is 3.19. The highest BCUT2D eigenvalue weighted by molar-refractivity contribution is 7.12. The fourth-order valence-corrected chi connectivity index (χ4v) is 2.12. The Bertz CT molecular complexity index is 485. The molecular formula is C12H11NOS. The molecule has 0 saturated heterocycles. The number of ketones is 1. The minimum atomic E-state index is 0.0648. The van der Waals surface area contributed by atoms with E-state index < -0.39 is 0 Å². The molecule has 0 fully saturated rings. The second-order valence-electron chi connectivity index (χ2n) is 3.46. The predicted molar refractivity (Wildman–Crippen MR) is 61.5 cm³/mol. The van der Waals surface area contributed by atoms with Gasteiger partial charge in [0.05, 0.1) is 16.1 Å². The fourth-order valence-electron chi connectivity index (χ4n) is 1.36. The third kappa shape index (κ3) is 1.97. The fraction of sp³-hybridized carbons (Fsp3) is 0.167. The van der Waals surface area contributed by atoms with E-state index in [0.717, 1.165) is 21.7 Å². The van der Waals surface area contributed by atoms with E-state index in [1.807, 2.05) is 38.1 Å². The Balaban J connectivity index is 2.37. The van der Waals surface area contributed by atoms with Crippen molar-refractivity contribution in [2.75, 3.05) is 0 Å². The van der Waals surface area contributed by atoms with Crippen LogP contribution in [0, 0.1) is 13.8 Å². The smallest absolute Gasteiger partial charge is 0.204 e. The van der Waals surface area contributed by atoms with Crippen LogP contribution in [0.25, 0.3) is 0 Å². The lowest BCUT2D eigenvalue weighted by atomic mass is 10.1. The van der Waals surface area contributed by atoms with Gasteiger partial charge in [0.2, 0.25) is 5.78 Å². The average molecular weight is 217 g/mol.